The molecular formula is C14H17N7O. The summed E-state index contributed by atoms with van der Waals surface area (Å²) in [4.78, 5) is 20.0. The maximum Gasteiger partial charge on any atom is 0.182 e. The van der Waals surface area contributed by atoms with Crippen molar-refractivity contribution in [1.29, 1.82) is 0 Å². The van der Waals surface area contributed by atoms with E-state index in [1.807, 2.05) is 17.8 Å². The third-order valence-electron chi connectivity index (χ3n) is 4.08. The van der Waals surface area contributed by atoms with Gasteiger partial charge in [0, 0.05) is 38.5 Å². The molecule has 1 saturated heterocycles. The van der Waals surface area contributed by atoms with Crippen molar-refractivity contribution in [3.8, 4) is 0 Å². The smallest absolute Gasteiger partial charge is 0.182 e. The van der Waals surface area contributed by atoms with Gasteiger partial charge in [-0.25, -0.2) is 19.9 Å². The van der Waals surface area contributed by atoms with Crippen LogP contribution in [-0.4, -0.2) is 42.6 Å². The van der Waals surface area contributed by atoms with Crippen LogP contribution >= 0.6 is 0 Å². The van der Waals surface area contributed by atoms with E-state index in [0.29, 0.717) is 11.6 Å². The Bertz CT molecular complexity index is 780. The average molecular weight is 299 g/mol. The lowest BCUT2D eigenvalue weighted by Gasteiger charge is -2.19. The molecule has 3 aromatic rings. The Balaban J connectivity index is 1.51. The number of aromatic nitrogens is 6. The van der Waals surface area contributed by atoms with E-state index in [1.165, 1.54) is 6.33 Å². The van der Waals surface area contributed by atoms with Gasteiger partial charge < -0.3 is 19.6 Å². The Morgan fingerprint density at radius 2 is 2.32 bits per heavy atom. The van der Waals surface area contributed by atoms with Crippen LogP contribution in [0.2, 0.25) is 0 Å². The van der Waals surface area contributed by atoms with Crippen molar-refractivity contribution in [2.75, 3.05) is 18.5 Å². The Hall–Kier alpha value is -2.48. The highest BCUT2D eigenvalue weighted by atomic mass is 16.5. The molecule has 1 fully saturated rings. The molecule has 4 rings (SSSR count). The second-order valence-electron chi connectivity index (χ2n) is 5.44. The number of nitrogens with one attached hydrogen (secondary N) is 2. The molecule has 1 aliphatic heterocycles. The fraction of sp³-hybridized carbons (Fsp3) is 0.429. The molecule has 114 valence electrons. The summed E-state index contributed by atoms with van der Waals surface area (Å²) in [7, 11) is 1.99. The van der Waals surface area contributed by atoms with E-state index in [2.05, 4.69) is 30.2 Å². The number of fused-ring (bicyclic) bond motifs is 1. The monoisotopic (exact) mass is 299 g/mol. The summed E-state index contributed by atoms with van der Waals surface area (Å²) < 4.78 is 7.89. The normalized spacial score (nSPS) is 21.5. The van der Waals surface area contributed by atoms with Crippen molar-refractivity contribution in [1.82, 2.24) is 29.5 Å². The molecule has 0 bridgehead atoms. The number of nitrogens with zero attached hydrogens (tertiary/aromatic N) is 5. The van der Waals surface area contributed by atoms with E-state index in [4.69, 9.17) is 4.74 Å². The molecule has 0 spiro atoms. The number of H-pyrrole nitrogens is 1. The first-order valence-corrected chi connectivity index (χ1v) is 7.29. The molecule has 2 atom stereocenters. The van der Waals surface area contributed by atoms with Gasteiger partial charge in [0.2, 0.25) is 0 Å². The number of hydrogen-bond donors (Lipinski definition) is 2. The first-order valence-electron chi connectivity index (χ1n) is 7.29. The maximum atomic E-state index is 5.88. The van der Waals surface area contributed by atoms with E-state index < -0.39 is 0 Å². The molecule has 1 aliphatic rings. The molecule has 2 N–H and O–H groups in total. The molecule has 0 aliphatic carbocycles. The maximum absolute atomic E-state index is 5.88. The van der Waals surface area contributed by atoms with Crippen LogP contribution < -0.4 is 5.32 Å². The van der Waals surface area contributed by atoms with Crippen LogP contribution in [0.1, 0.15) is 18.3 Å². The van der Waals surface area contributed by atoms with Crippen molar-refractivity contribution < 1.29 is 4.74 Å². The fourth-order valence-electron chi connectivity index (χ4n) is 2.91. The minimum Gasteiger partial charge on any atom is -0.370 e. The molecule has 0 amide bonds. The molecule has 4 heterocycles. The van der Waals surface area contributed by atoms with Gasteiger partial charge in [0.05, 0.1) is 6.33 Å². The number of rotatable bonds is 4. The first kappa shape index (κ1) is 13.2. The number of aromatic amines is 1. The van der Waals surface area contributed by atoms with Crippen LogP contribution in [0.15, 0.2) is 25.0 Å². The minimum atomic E-state index is 0.0200. The second kappa shape index (κ2) is 5.38. The minimum absolute atomic E-state index is 0.0200. The first-order chi connectivity index (χ1) is 10.8. The van der Waals surface area contributed by atoms with E-state index in [-0.39, 0.29) is 6.10 Å². The SMILES string of the molecule is Cn1ccnc1[C@@H]1OCC[C@H]1CNc1ncnc2nc[nH]c12. The molecule has 0 saturated carbocycles. The number of imidazole rings is 2. The van der Waals surface area contributed by atoms with Gasteiger partial charge in [-0.05, 0) is 6.42 Å². The quantitative estimate of drug-likeness (QED) is 0.753. The zero-order chi connectivity index (χ0) is 14.9. The van der Waals surface area contributed by atoms with E-state index >= 15 is 0 Å². The van der Waals surface area contributed by atoms with Gasteiger partial charge >= 0.3 is 0 Å². The summed E-state index contributed by atoms with van der Waals surface area (Å²) in [5.41, 5.74) is 1.50. The third-order valence-corrected chi connectivity index (χ3v) is 4.08. The van der Waals surface area contributed by atoms with Gasteiger partial charge in [0.25, 0.3) is 0 Å². The van der Waals surface area contributed by atoms with Gasteiger partial charge in [0.1, 0.15) is 23.8 Å². The van der Waals surface area contributed by atoms with Crippen LogP contribution in [-0.2, 0) is 11.8 Å². The molecule has 3 aromatic heterocycles. The molecule has 0 unspecified atom stereocenters. The van der Waals surface area contributed by atoms with Crippen molar-refractivity contribution in [2.45, 2.75) is 12.5 Å². The van der Waals surface area contributed by atoms with Gasteiger partial charge in [-0.1, -0.05) is 0 Å². The molecule has 22 heavy (non-hydrogen) atoms. The summed E-state index contributed by atoms with van der Waals surface area (Å²) in [5.74, 6) is 2.10. The highest BCUT2D eigenvalue weighted by Gasteiger charge is 2.32. The lowest BCUT2D eigenvalue weighted by Crippen LogP contribution is -2.20. The molecule has 0 aromatic carbocycles. The lowest BCUT2D eigenvalue weighted by molar-refractivity contribution is 0.0839. The highest BCUT2D eigenvalue weighted by Crippen LogP contribution is 2.33. The predicted octanol–water partition coefficient (Wildman–Crippen LogP) is 1.28. The van der Waals surface area contributed by atoms with Crippen molar-refractivity contribution >= 4 is 17.0 Å². The number of aryl methyl sites for hydroxylation is 1. The van der Waals surface area contributed by atoms with Crippen molar-refractivity contribution in [2.24, 2.45) is 13.0 Å². The second-order valence-corrected chi connectivity index (χ2v) is 5.44. The van der Waals surface area contributed by atoms with Gasteiger partial charge in [0.15, 0.2) is 11.5 Å². The fourth-order valence-corrected chi connectivity index (χ4v) is 2.91. The molecule has 0 radical (unpaired) electrons. The zero-order valence-electron chi connectivity index (χ0n) is 12.2. The number of ether oxygens (including phenoxy) is 1. The van der Waals surface area contributed by atoms with E-state index in [1.54, 1.807) is 12.5 Å². The highest BCUT2D eigenvalue weighted by molar-refractivity contribution is 5.81. The summed E-state index contributed by atoms with van der Waals surface area (Å²) in [6.07, 6.45) is 7.92. The summed E-state index contributed by atoms with van der Waals surface area (Å²) in [6, 6.07) is 0. The van der Waals surface area contributed by atoms with Crippen LogP contribution in [0, 0.1) is 5.92 Å². The van der Waals surface area contributed by atoms with Gasteiger partial charge in [-0.15, -0.1) is 0 Å². The van der Waals surface area contributed by atoms with Gasteiger partial charge in [-0.3, -0.25) is 0 Å². The molecule has 8 heteroatoms. The Labute approximate surface area is 127 Å². The standard InChI is InChI=1S/C14H17N7O/c1-21-4-3-15-14(21)11-9(2-5-22-11)6-16-12-10-13(18-7-17-10)20-8-19-12/h3-4,7-9,11H,2,5-6H2,1H3,(H2,16,17,18,19,20)/t9-,11+/m0/s1. The largest absolute Gasteiger partial charge is 0.370 e. The van der Waals surface area contributed by atoms with Gasteiger partial charge in [-0.2, -0.15) is 0 Å². The Kier molecular flexibility index (Phi) is 3.23. The lowest BCUT2D eigenvalue weighted by atomic mass is 10.0. The Morgan fingerprint density at radius 1 is 1.36 bits per heavy atom. The van der Waals surface area contributed by atoms with E-state index in [9.17, 15) is 0 Å². The van der Waals surface area contributed by atoms with Crippen LogP contribution in [0.4, 0.5) is 5.82 Å². The topological polar surface area (TPSA) is 93.5 Å². The van der Waals surface area contributed by atoms with Crippen molar-refractivity contribution in [3.63, 3.8) is 0 Å². The van der Waals surface area contributed by atoms with E-state index in [0.717, 1.165) is 36.7 Å². The average Bonchev–Trinajstić information content (AvgIpc) is 3.24. The summed E-state index contributed by atoms with van der Waals surface area (Å²) >= 11 is 0. The number of anilines is 1. The zero-order valence-corrected chi connectivity index (χ0v) is 12.2. The Morgan fingerprint density at radius 3 is 3.18 bits per heavy atom. The number of hydrogen-bond acceptors (Lipinski definition) is 6. The van der Waals surface area contributed by atoms with Crippen molar-refractivity contribution in [3.05, 3.63) is 30.9 Å². The molecular weight excluding hydrogens is 282 g/mol. The molecule has 8 nitrogen and oxygen atoms in total. The summed E-state index contributed by atoms with van der Waals surface area (Å²) in [5, 5.41) is 3.39. The van der Waals surface area contributed by atoms with Crippen LogP contribution in [0.25, 0.3) is 11.2 Å². The third kappa shape index (κ3) is 2.21. The van der Waals surface area contributed by atoms with Crippen LogP contribution in [0.3, 0.4) is 0 Å². The predicted molar refractivity (Wildman–Crippen MR) is 80.2 cm³/mol. The summed E-state index contributed by atoms with van der Waals surface area (Å²) in [6.45, 7) is 1.52. The van der Waals surface area contributed by atoms with Crippen LogP contribution in [0.5, 0.6) is 0 Å².